The van der Waals surface area contributed by atoms with Gasteiger partial charge in [-0.3, -0.25) is 4.79 Å². The number of carbonyl (C=O) groups is 1. The maximum Gasteiger partial charge on any atom is 0.309 e. The summed E-state index contributed by atoms with van der Waals surface area (Å²) in [6.45, 7) is 0. The van der Waals surface area contributed by atoms with Crippen molar-refractivity contribution in [2.45, 2.75) is 6.42 Å². The van der Waals surface area contributed by atoms with Gasteiger partial charge in [0.2, 0.25) is 0 Å². The van der Waals surface area contributed by atoms with E-state index in [2.05, 4.69) is 25.9 Å². The van der Waals surface area contributed by atoms with E-state index in [1.807, 2.05) is 6.07 Å². The fraction of sp³-hybridized carbons (Fsp3) is 0.111. The topological polar surface area (TPSA) is 66.0 Å². The summed E-state index contributed by atoms with van der Waals surface area (Å²) in [5.74, 6) is -0.903. The lowest BCUT2D eigenvalue weighted by atomic mass is 10.2. The Bertz CT molecular complexity index is 537. The molecule has 7 heteroatoms. The Morgan fingerprint density at radius 2 is 2.38 bits per heavy atom. The van der Waals surface area contributed by atoms with Crippen LogP contribution in [0.5, 0.6) is 0 Å². The minimum absolute atomic E-state index is 0.0938. The van der Waals surface area contributed by atoms with E-state index >= 15 is 0 Å². The number of nitrogens with zero attached hydrogens (tertiary/aromatic N) is 1. The van der Waals surface area contributed by atoms with E-state index in [1.165, 1.54) is 11.3 Å². The van der Waals surface area contributed by atoms with Gasteiger partial charge < -0.3 is 10.1 Å². The fourth-order valence-electron chi connectivity index (χ4n) is 1.30. The molecule has 0 aliphatic rings. The highest BCUT2D eigenvalue weighted by Crippen LogP contribution is 2.32. The highest BCUT2D eigenvalue weighted by molar-refractivity contribution is 9.10. The molecule has 0 radical (unpaired) electrons. The van der Waals surface area contributed by atoms with Crippen molar-refractivity contribution in [1.29, 1.82) is 0 Å². The molecule has 0 atom stereocenters. The molecule has 2 N–H and O–H groups in total. The zero-order valence-corrected chi connectivity index (χ0v) is 11.0. The number of carboxylic acid groups (broad SMARTS) is 1. The lowest BCUT2D eigenvalue weighted by Crippen LogP contribution is -2.01. The second-order valence-electron chi connectivity index (χ2n) is 3.03. The summed E-state index contributed by atoms with van der Waals surface area (Å²) in [7, 11) is 0. The first-order chi connectivity index (χ1) is 7.56. The van der Waals surface area contributed by atoms with Gasteiger partial charge in [-0.2, -0.15) is 0 Å². The largest absolute Gasteiger partial charge is 0.481 e. The number of hydrogen-bond donors (Lipinski definition) is 2. The first kappa shape index (κ1) is 11.6. The maximum absolute atomic E-state index is 10.7. The van der Waals surface area contributed by atoms with Gasteiger partial charge in [0.1, 0.15) is 5.69 Å². The molecule has 0 unspecified atom stereocenters. The van der Waals surface area contributed by atoms with Crippen molar-refractivity contribution < 1.29 is 9.90 Å². The van der Waals surface area contributed by atoms with Crippen molar-refractivity contribution >= 4 is 44.8 Å². The van der Waals surface area contributed by atoms with Gasteiger partial charge in [-0.25, -0.2) is 4.98 Å². The first-order valence-electron chi connectivity index (χ1n) is 4.28. The number of aromatic nitrogens is 2. The number of imidazole rings is 1. The van der Waals surface area contributed by atoms with E-state index in [0.29, 0.717) is 20.5 Å². The third kappa shape index (κ3) is 2.45. The molecule has 2 heterocycles. The molecule has 2 aromatic heterocycles. The highest BCUT2D eigenvalue weighted by Gasteiger charge is 2.15. The van der Waals surface area contributed by atoms with Crippen molar-refractivity contribution in [2.24, 2.45) is 0 Å². The van der Waals surface area contributed by atoms with E-state index in [-0.39, 0.29) is 6.42 Å². The van der Waals surface area contributed by atoms with Crippen molar-refractivity contribution in [3.05, 3.63) is 26.9 Å². The van der Waals surface area contributed by atoms with E-state index in [1.54, 1.807) is 6.07 Å². The van der Waals surface area contributed by atoms with Crippen LogP contribution >= 0.6 is 38.9 Å². The zero-order valence-electron chi connectivity index (χ0n) is 7.83. The molecule has 0 saturated heterocycles. The van der Waals surface area contributed by atoms with Crippen molar-refractivity contribution in [3.63, 3.8) is 0 Å². The normalized spacial score (nSPS) is 10.6. The first-order valence-corrected chi connectivity index (χ1v) is 6.27. The summed E-state index contributed by atoms with van der Waals surface area (Å²) in [6.07, 6.45) is -0.0938. The SMILES string of the molecule is O=C(O)Cc1[nH]c(Br)nc1-c1ccc(Cl)s1. The average Bonchev–Trinajstić information content (AvgIpc) is 2.72. The molecule has 2 rings (SSSR count). The van der Waals surface area contributed by atoms with Crippen LogP contribution in [-0.2, 0) is 11.2 Å². The van der Waals surface area contributed by atoms with Crippen LogP contribution in [0.1, 0.15) is 5.69 Å². The molecular formula is C9H6BrClN2O2S. The van der Waals surface area contributed by atoms with Gasteiger partial charge in [0.05, 0.1) is 21.3 Å². The number of H-pyrrole nitrogens is 1. The third-order valence-electron chi connectivity index (χ3n) is 1.88. The summed E-state index contributed by atoms with van der Waals surface area (Å²) in [5.41, 5.74) is 1.20. The van der Waals surface area contributed by atoms with Crippen LogP contribution in [0.15, 0.2) is 16.9 Å². The average molecular weight is 322 g/mol. The molecule has 0 bridgehead atoms. The number of aliphatic carboxylic acids is 1. The molecule has 0 aliphatic carbocycles. The van der Waals surface area contributed by atoms with Crippen LogP contribution < -0.4 is 0 Å². The molecule has 84 valence electrons. The van der Waals surface area contributed by atoms with Crippen LogP contribution in [0.25, 0.3) is 10.6 Å². The summed E-state index contributed by atoms with van der Waals surface area (Å²) < 4.78 is 1.17. The molecule has 0 spiro atoms. The maximum atomic E-state index is 10.7. The van der Waals surface area contributed by atoms with Gasteiger partial charge >= 0.3 is 5.97 Å². The number of nitrogens with one attached hydrogen (secondary N) is 1. The Kier molecular flexibility index (Phi) is 3.32. The summed E-state index contributed by atoms with van der Waals surface area (Å²) in [6, 6.07) is 3.58. The highest BCUT2D eigenvalue weighted by atomic mass is 79.9. The van der Waals surface area contributed by atoms with Gasteiger partial charge in [-0.1, -0.05) is 11.6 Å². The molecule has 0 fully saturated rings. The Balaban J connectivity index is 2.43. The summed E-state index contributed by atoms with van der Waals surface area (Å²) in [5, 5.41) is 8.77. The zero-order chi connectivity index (χ0) is 11.7. The van der Waals surface area contributed by atoms with Crippen LogP contribution in [0.2, 0.25) is 4.34 Å². The van der Waals surface area contributed by atoms with Gasteiger partial charge in [-0.05, 0) is 28.1 Å². The fourth-order valence-corrected chi connectivity index (χ4v) is 2.78. The smallest absolute Gasteiger partial charge is 0.309 e. The lowest BCUT2D eigenvalue weighted by Gasteiger charge is -1.95. The Morgan fingerprint density at radius 1 is 1.62 bits per heavy atom. The summed E-state index contributed by atoms with van der Waals surface area (Å²) >= 11 is 10.4. The van der Waals surface area contributed by atoms with E-state index in [9.17, 15) is 4.79 Å². The second-order valence-corrected chi connectivity index (χ2v) is 5.50. The van der Waals surface area contributed by atoms with E-state index in [0.717, 1.165) is 4.88 Å². The van der Waals surface area contributed by atoms with Gasteiger partial charge in [0.15, 0.2) is 4.73 Å². The van der Waals surface area contributed by atoms with Crippen LogP contribution in [0, 0.1) is 0 Å². The lowest BCUT2D eigenvalue weighted by molar-refractivity contribution is -0.136. The predicted octanol–water partition coefficient (Wildman–Crippen LogP) is 3.18. The van der Waals surface area contributed by atoms with Crippen molar-refractivity contribution in [2.75, 3.05) is 0 Å². The van der Waals surface area contributed by atoms with Crippen LogP contribution in [0.4, 0.5) is 0 Å². The second kappa shape index (κ2) is 4.57. The Morgan fingerprint density at radius 3 is 2.94 bits per heavy atom. The van der Waals surface area contributed by atoms with E-state index < -0.39 is 5.97 Å². The minimum Gasteiger partial charge on any atom is -0.481 e. The number of thiophene rings is 1. The number of hydrogen-bond acceptors (Lipinski definition) is 3. The summed E-state index contributed by atoms with van der Waals surface area (Å²) in [4.78, 5) is 18.6. The molecule has 16 heavy (non-hydrogen) atoms. The van der Waals surface area contributed by atoms with Crippen LogP contribution in [0.3, 0.4) is 0 Å². The molecule has 2 aromatic rings. The Hall–Kier alpha value is -0.850. The van der Waals surface area contributed by atoms with Gasteiger partial charge in [-0.15, -0.1) is 11.3 Å². The minimum atomic E-state index is -0.903. The molecule has 0 aromatic carbocycles. The number of rotatable bonds is 3. The van der Waals surface area contributed by atoms with Crippen molar-refractivity contribution in [3.8, 4) is 10.6 Å². The number of halogens is 2. The van der Waals surface area contributed by atoms with Gasteiger partial charge in [0, 0.05) is 0 Å². The Labute approximate surface area is 108 Å². The predicted molar refractivity (Wildman–Crippen MR) is 66.0 cm³/mol. The molecule has 0 saturated carbocycles. The van der Waals surface area contributed by atoms with Crippen LogP contribution in [-0.4, -0.2) is 21.0 Å². The molecule has 4 nitrogen and oxygen atoms in total. The molecule has 0 amide bonds. The molecular weight excluding hydrogens is 316 g/mol. The number of aromatic amines is 1. The van der Waals surface area contributed by atoms with Crippen molar-refractivity contribution in [1.82, 2.24) is 9.97 Å². The van der Waals surface area contributed by atoms with Gasteiger partial charge in [0.25, 0.3) is 0 Å². The van der Waals surface area contributed by atoms with E-state index in [4.69, 9.17) is 16.7 Å². The molecule has 0 aliphatic heterocycles. The third-order valence-corrected chi connectivity index (χ3v) is 3.50. The quantitative estimate of drug-likeness (QED) is 0.912. The standard InChI is InChI=1S/C9H6BrClN2O2S/c10-9-12-4(3-7(14)15)8(13-9)5-1-2-6(11)16-5/h1-2H,3H2,(H,12,13)(H,14,15). The number of carboxylic acids is 1. The monoisotopic (exact) mass is 320 g/mol.